The van der Waals surface area contributed by atoms with E-state index in [0.717, 1.165) is 21.3 Å². The van der Waals surface area contributed by atoms with Crippen molar-refractivity contribution in [2.45, 2.75) is 39.5 Å². The average molecular weight is 448 g/mol. The fraction of sp³-hybridized carbons (Fsp3) is 0.364. The molecule has 0 bridgehead atoms. The zero-order valence-electron chi connectivity index (χ0n) is 16.6. The molecule has 28 heavy (non-hydrogen) atoms. The third-order valence-electron chi connectivity index (χ3n) is 4.15. The van der Waals surface area contributed by atoms with Gasteiger partial charge in [0, 0.05) is 10.2 Å². The molecule has 0 fully saturated rings. The van der Waals surface area contributed by atoms with Crippen LogP contribution in [0.15, 0.2) is 46.9 Å². The Morgan fingerprint density at radius 2 is 1.57 bits per heavy atom. The van der Waals surface area contributed by atoms with E-state index in [0.29, 0.717) is 5.75 Å². The number of hydrogen-bond acceptors (Lipinski definition) is 4. The molecule has 2 aromatic rings. The lowest BCUT2D eigenvalue weighted by Gasteiger charge is -2.20. The van der Waals surface area contributed by atoms with Gasteiger partial charge < -0.3 is 14.8 Å². The second-order valence-corrected chi connectivity index (χ2v) is 7.99. The van der Waals surface area contributed by atoms with Gasteiger partial charge in [-0.2, -0.15) is 0 Å². The number of benzene rings is 2. The van der Waals surface area contributed by atoms with E-state index in [2.05, 4.69) is 48.9 Å². The van der Waals surface area contributed by atoms with Crippen molar-refractivity contribution in [1.82, 2.24) is 0 Å². The first-order chi connectivity index (χ1) is 13.3. The van der Waals surface area contributed by atoms with Crippen LogP contribution >= 0.6 is 15.9 Å². The zero-order chi connectivity index (χ0) is 20.7. The van der Waals surface area contributed by atoms with Crippen molar-refractivity contribution in [3.05, 3.63) is 58.1 Å². The number of halogens is 1. The molecule has 0 heterocycles. The minimum absolute atomic E-state index is 0.259. The van der Waals surface area contributed by atoms with E-state index in [-0.39, 0.29) is 31.0 Å². The van der Waals surface area contributed by atoms with Crippen molar-refractivity contribution >= 4 is 33.5 Å². The smallest absolute Gasteiger partial charge is 0.344 e. The molecule has 1 amide bonds. The Hall–Kier alpha value is -2.34. The lowest BCUT2D eigenvalue weighted by atomic mass is 9.92. The molecule has 0 saturated heterocycles. The Labute approximate surface area is 174 Å². The SMILES string of the molecule is CC(C)c1cccc(C(C)C)c1NC(=O)COC(=O)COc1cccc(Br)c1. The molecule has 2 rings (SSSR count). The summed E-state index contributed by atoms with van der Waals surface area (Å²) in [5, 5.41) is 2.92. The minimum Gasteiger partial charge on any atom is -0.482 e. The molecule has 150 valence electrons. The van der Waals surface area contributed by atoms with E-state index < -0.39 is 5.97 Å². The van der Waals surface area contributed by atoms with Gasteiger partial charge >= 0.3 is 5.97 Å². The van der Waals surface area contributed by atoms with E-state index >= 15 is 0 Å². The second kappa shape index (κ2) is 10.3. The summed E-state index contributed by atoms with van der Waals surface area (Å²) in [5.74, 6) is 0.0932. The highest BCUT2D eigenvalue weighted by Crippen LogP contribution is 2.32. The highest BCUT2D eigenvalue weighted by atomic mass is 79.9. The molecule has 0 spiro atoms. The van der Waals surface area contributed by atoms with Gasteiger partial charge in [-0.1, -0.05) is 67.9 Å². The summed E-state index contributed by atoms with van der Waals surface area (Å²) in [5.41, 5.74) is 2.92. The van der Waals surface area contributed by atoms with Crippen LogP contribution < -0.4 is 10.1 Å². The van der Waals surface area contributed by atoms with Crippen LogP contribution in [0.5, 0.6) is 5.75 Å². The number of ether oxygens (including phenoxy) is 2. The first-order valence-electron chi connectivity index (χ1n) is 9.24. The number of anilines is 1. The highest BCUT2D eigenvalue weighted by molar-refractivity contribution is 9.10. The maximum atomic E-state index is 12.4. The first-order valence-corrected chi connectivity index (χ1v) is 10.0. The van der Waals surface area contributed by atoms with Gasteiger partial charge in [0.15, 0.2) is 13.2 Å². The van der Waals surface area contributed by atoms with Crippen LogP contribution in [-0.4, -0.2) is 25.1 Å². The van der Waals surface area contributed by atoms with Crippen LogP contribution in [0.2, 0.25) is 0 Å². The molecule has 0 aliphatic carbocycles. The minimum atomic E-state index is -0.601. The third kappa shape index (κ3) is 6.37. The summed E-state index contributed by atoms with van der Waals surface area (Å²) in [6.45, 7) is 7.69. The van der Waals surface area contributed by atoms with E-state index in [1.165, 1.54) is 0 Å². The van der Waals surface area contributed by atoms with Crippen molar-refractivity contribution < 1.29 is 19.1 Å². The monoisotopic (exact) mass is 447 g/mol. The molecule has 1 N–H and O–H groups in total. The summed E-state index contributed by atoms with van der Waals surface area (Å²) >= 11 is 3.33. The first kappa shape index (κ1) is 22.0. The van der Waals surface area contributed by atoms with E-state index in [1.807, 2.05) is 24.3 Å². The number of carbonyl (C=O) groups excluding carboxylic acids is 2. The summed E-state index contributed by atoms with van der Waals surface area (Å²) in [4.78, 5) is 24.2. The molecule has 6 heteroatoms. The molecule has 0 atom stereocenters. The van der Waals surface area contributed by atoms with Gasteiger partial charge in [0.2, 0.25) is 0 Å². The number of amides is 1. The Morgan fingerprint density at radius 3 is 2.14 bits per heavy atom. The predicted octanol–water partition coefficient (Wildman–Crippen LogP) is 5.26. The molecule has 2 aromatic carbocycles. The maximum absolute atomic E-state index is 12.4. The molecular weight excluding hydrogens is 422 g/mol. The van der Waals surface area contributed by atoms with Gasteiger partial charge in [-0.15, -0.1) is 0 Å². The van der Waals surface area contributed by atoms with E-state index in [4.69, 9.17) is 9.47 Å². The van der Waals surface area contributed by atoms with Gasteiger partial charge in [0.05, 0.1) is 0 Å². The number of hydrogen-bond donors (Lipinski definition) is 1. The van der Waals surface area contributed by atoms with Crippen molar-refractivity contribution in [2.24, 2.45) is 0 Å². The zero-order valence-corrected chi connectivity index (χ0v) is 18.2. The lowest BCUT2D eigenvalue weighted by molar-refractivity contribution is -0.149. The summed E-state index contributed by atoms with van der Waals surface area (Å²) in [7, 11) is 0. The van der Waals surface area contributed by atoms with Crippen LogP contribution in [0, 0.1) is 0 Å². The summed E-state index contributed by atoms with van der Waals surface area (Å²) < 4.78 is 11.3. The van der Waals surface area contributed by atoms with Crippen LogP contribution in [0.25, 0.3) is 0 Å². The van der Waals surface area contributed by atoms with Crippen molar-refractivity contribution in [3.63, 3.8) is 0 Å². The van der Waals surface area contributed by atoms with Crippen LogP contribution in [0.4, 0.5) is 5.69 Å². The van der Waals surface area contributed by atoms with E-state index in [1.54, 1.807) is 18.2 Å². The Morgan fingerprint density at radius 1 is 0.964 bits per heavy atom. The molecule has 5 nitrogen and oxygen atoms in total. The van der Waals surface area contributed by atoms with Crippen molar-refractivity contribution in [1.29, 1.82) is 0 Å². The average Bonchev–Trinajstić information content (AvgIpc) is 2.64. The standard InChI is InChI=1S/C22H26BrNO4/c1-14(2)18-9-6-10-19(15(3)4)22(18)24-20(25)12-28-21(26)13-27-17-8-5-7-16(23)11-17/h5-11,14-15H,12-13H2,1-4H3,(H,24,25). The Balaban J connectivity index is 1.92. The third-order valence-corrected chi connectivity index (χ3v) is 4.65. The predicted molar refractivity (Wildman–Crippen MR) is 114 cm³/mol. The van der Waals surface area contributed by atoms with Gasteiger partial charge in [-0.3, -0.25) is 4.79 Å². The maximum Gasteiger partial charge on any atom is 0.344 e. The number of esters is 1. The fourth-order valence-corrected chi connectivity index (χ4v) is 3.14. The fourth-order valence-electron chi connectivity index (χ4n) is 2.76. The Kier molecular flexibility index (Phi) is 8.05. The molecule has 0 aliphatic rings. The van der Waals surface area contributed by atoms with Gasteiger partial charge in [0.1, 0.15) is 5.75 Å². The van der Waals surface area contributed by atoms with Crippen LogP contribution in [0.1, 0.15) is 50.7 Å². The molecule has 0 saturated carbocycles. The van der Waals surface area contributed by atoms with E-state index in [9.17, 15) is 9.59 Å². The van der Waals surface area contributed by atoms with Crippen molar-refractivity contribution in [2.75, 3.05) is 18.5 Å². The quantitative estimate of drug-likeness (QED) is 0.560. The van der Waals surface area contributed by atoms with Crippen molar-refractivity contribution in [3.8, 4) is 5.75 Å². The number of para-hydroxylation sites is 1. The summed E-state index contributed by atoms with van der Waals surface area (Å²) in [6.07, 6.45) is 0. The number of carbonyl (C=O) groups is 2. The molecule has 0 radical (unpaired) electrons. The number of nitrogens with one attached hydrogen (secondary N) is 1. The Bertz CT molecular complexity index is 807. The summed E-state index contributed by atoms with van der Waals surface area (Å²) in [6, 6.07) is 13.2. The normalized spacial score (nSPS) is 10.8. The highest BCUT2D eigenvalue weighted by Gasteiger charge is 2.17. The lowest BCUT2D eigenvalue weighted by Crippen LogP contribution is -2.24. The molecule has 0 aromatic heterocycles. The second-order valence-electron chi connectivity index (χ2n) is 7.08. The van der Waals surface area contributed by atoms with Gasteiger partial charge in [-0.25, -0.2) is 4.79 Å². The van der Waals surface area contributed by atoms with Crippen LogP contribution in [-0.2, 0) is 14.3 Å². The van der Waals surface area contributed by atoms with Crippen LogP contribution in [0.3, 0.4) is 0 Å². The largest absolute Gasteiger partial charge is 0.482 e. The van der Waals surface area contributed by atoms with Gasteiger partial charge in [-0.05, 0) is 41.2 Å². The topological polar surface area (TPSA) is 64.6 Å². The van der Waals surface area contributed by atoms with Gasteiger partial charge in [0.25, 0.3) is 5.91 Å². The molecule has 0 unspecified atom stereocenters. The molecule has 0 aliphatic heterocycles. The number of rotatable bonds is 8. The molecular formula is C22H26BrNO4.